The molecule has 74 valence electrons. The van der Waals surface area contributed by atoms with E-state index in [4.69, 9.17) is 5.53 Å². The Balaban J connectivity index is 3.32. The summed E-state index contributed by atoms with van der Waals surface area (Å²) in [5.74, 6) is -0.225. The van der Waals surface area contributed by atoms with E-state index in [0.717, 1.165) is 13.0 Å². The monoisotopic (exact) mass is 185 g/mol. The molecule has 0 aromatic carbocycles. The van der Waals surface area contributed by atoms with Crippen LogP contribution in [0.25, 0.3) is 10.4 Å². The number of nitrogens with one attached hydrogen (secondary N) is 1. The second-order valence-electron chi connectivity index (χ2n) is 2.90. The van der Waals surface area contributed by atoms with Crippen molar-refractivity contribution in [1.29, 1.82) is 0 Å². The number of rotatable bonds is 6. The first-order valence-electron chi connectivity index (χ1n) is 4.09. The van der Waals surface area contributed by atoms with E-state index in [2.05, 4.69) is 15.3 Å². The normalized spacial score (nSPS) is 9.46. The Morgan fingerprint density at radius 3 is 2.85 bits per heavy atom. The molecule has 1 amide bonds. The summed E-state index contributed by atoms with van der Waals surface area (Å²) < 4.78 is 0. The zero-order valence-corrected chi connectivity index (χ0v) is 8.03. The number of hydrogen-bond acceptors (Lipinski definition) is 3. The molecular formula is C7H15N5O. The molecule has 0 heterocycles. The Morgan fingerprint density at radius 1 is 1.62 bits per heavy atom. The molecule has 0 rings (SSSR count). The molecule has 0 saturated carbocycles. The maximum absolute atomic E-state index is 10.9. The van der Waals surface area contributed by atoms with Crippen molar-refractivity contribution in [2.75, 3.05) is 33.7 Å². The van der Waals surface area contributed by atoms with E-state index in [-0.39, 0.29) is 12.5 Å². The van der Waals surface area contributed by atoms with Gasteiger partial charge in [0.2, 0.25) is 5.91 Å². The third-order valence-electron chi connectivity index (χ3n) is 1.38. The first kappa shape index (κ1) is 11.7. The quantitative estimate of drug-likeness (QED) is 0.280. The summed E-state index contributed by atoms with van der Waals surface area (Å²) in [7, 11) is 3.95. The Bertz CT molecular complexity index is 197. The minimum atomic E-state index is -0.225. The first-order chi connectivity index (χ1) is 6.16. The van der Waals surface area contributed by atoms with Gasteiger partial charge in [0, 0.05) is 11.5 Å². The number of carbonyl (C=O) groups is 1. The lowest BCUT2D eigenvalue weighted by molar-refractivity contribution is -0.119. The second-order valence-corrected chi connectivity index (χ2v) is 2.90. The van der Waals surface area contributed by atoms with Gasteiger partial charge >= 0.3 is 0 Å². The van der Waals surface area contributed by atoms with Gasteiger partial charge in [0.05, 0.1) is 0 Å². The molecular weight excluding hydrogens is 170 g/mol. The summed E-state index contributed by atoms with van der Waals surface area (Å²) in [5, 5.41) is 5.79. The lowest BCUT2D eigenvalue weighted by Crippen LogP contribution is -2.28. The average Bonchev–Trinajstić information content (AvgIpc) is 2.08. The van der Waals surface area contributed by atoms with Crippen LogP contribution in [0.1, 0.15) is 6.42 Å². The van der Waals surface area contributed by atoms with Crippen LogP contribution in [0, 0.1) is 0 Å². The number of nitrogens with zero attached hydrogens (tertiary/aromatic N) is 4. The average molecular weight is 185 g/mol. The van der Waals surface area contributed by atoms with Crippen molar-refractivity contribution >= 4 is 5.91 Å². The lowest BCUT2D eigenvalue weighted by Gasteiger charge is -2.08. The highest BCUT2D eigenvalue weighted by molar-refractivity contribution is 5.78. The van der Waals surface area contributed by atoms with E-state index in [0.29, 0.717) is 6.54 Å². The summed E-state index contributed by atoms with van der Waals surface area (Å²) in [6.07, 6.45) is 0.898. The van der Waals surface area contributed by atoms with Gasteiger partial charge in [0.1, 0.15) is 6.54 Å². The van der Waals surface area contributed by atoms with Crippen LogP contribution in [0.2, 0.25) is 0 Å². The molecule has 0 aromatic rings. The third-order valence-corrected chi connectivity index (χ3v) is 1.38. The predicted molar refractivity (Wildman–Crippen MR) is 50.2 cm³/mol. The van der Waals surface area contributed by atoms with Crippen LogP contribution < -0.4 is 5.32 Å². The van der Waals surface area contributed by atoms with Gasteiger partial charge < -0.3 is 10.2 Å². The van der Waals surface area contributed by atoms with Crippen LogP contribution in [0.15, 0.2) is 5.11 Å². The molecule has 0 atom stereocenters. The molecule has 1 N–H and O–H groups in total. The molecule has 0 aliphatic rings. The smallest absolute Gasteiger partial charge is 0.225 e. The maximum Gasteiger partial charge on any atom is 0.225 e. The number of carbonyl (C=O) groups excluding carboxylic acids is 1. The Labute approximate surface area is 77.5 Å². The third kappa shape index (κ3) is 8.65. The topological polar surface area (TPSA) is 81.1 Å². The van der Waals surface area contributed by atoms with Gasteiger partial charge in [-0.05, 0) is 32.6 Å². The molecule has 0 aliphatic heterocycles. The van der Waals surface area contributed by atoms with Gasteiger partial charge in [0.25, 0.3) is 0 Å². The fourth-order valence-corrected chi connectivity index (χ4v) is 0.775. The second kappa shape index (κ2) is 7.39. The lowest BCUT2D eigenvalue weighted by atomic mass is 10.4. The largest absolute Gasteiger partial charge is 0.356 e. The highest BCUT2D eigenvalue weighted by Crippen LogP contribution is 1.81. The first-order valence-corrected chi connectivity index (χ1v) is 4.09. The molecule has 6 heteroatoms. The Hall–Kier alpha value is -1.26. The van der Waals surface area contributed by atoms with Crippen molar-refractivity contribution < 1.29 is 4.79 Å². The molecule has 0 saturated heterocycles. The van der Waals surface area contributed by atoms with Gasteiger partial charge in [-0.1, -0.05) is 5.11 Å². The van der Waals surface area contributed by atoms with E-state index < -0.39 is 0 Å². The molecule has 0 unspecified atom stereocenters. The molecule has 6 nitrogen and oxygen atoms in total. The molecule has 0 spiro atoms. The van der Waals surface area contributed by atoms with Crippen molar-refractivity contribution in [3.05, 3.63) is 10.4 Å². The van der Waals surface area contributed by atoms with Crippen molar-refractivity contribution in [2.24, 2.45) is 5.11 Å². The van der Waals surface area contributed by atoms with Crippen LogP contribution in [-0.4, -0.2) is 44.5 Å². The zero-order valence-electron chi connectivity index (χ0n) is 8.03. The summed E-state index contributed by atoms with van der Waals surface area (Å²) >= 11 is 0. The van der Waals surface area contributed by atoms with Crippen LogP contribution >= 0.6 is 0 Å². The molecule has 0 radical (unpaired) electrons. The minimum absolute atomic E-state index is 0.113. The van der Waals surface area contributed by atoms with Gasteiger partial charge in [-0.3, -0.25) is 4.79 Å². The molecule has 0 fully saturated rings. The van der Waals surface area contributed by atoms with Crippen molar-refractivity contribution in [1.82, 2.24) is 10.2 Å². The fraction of sp³-hybridized carbons (Fsp3) is 0.857. The summed E-state index contributed by atoms with van der Waals surface area (Å²) in [4.78, 5) is 15.4. The van der Waals surface area contributed by atoms with Crippen LogP contribution in [-0.2, 0) is 4.79 Å². The summed E-state index contributed by atoms with van der Waals surface area (Å²) in [6, 6.07) is 0. The van der Waals surface area contributed by atoms with Crippen LogP contribution in [0.3, 0.4) is 0 Å². The Morgan fingerprint density at radius 2 is 2.31 bits per heavy atom. The van der Waals surface area contributed by atoms with E-state index >= 15 is 0 Å². The maximum atomic E-state index is 10.9. The SMILES string of the molecule is CN(C)CCCNC(=O)CN=[N+]=[N-]. The highest BCUT2D eigenvalue weighted by atomic mass is 16.1. The highest BCUT2D eigenvalue weighted by Gasteiger charge is 1.97. The zero-order chi connectivity index (χ0) is 10.1. The van der Waals surface area contributed by atoms with Gasteiger partial charge in [-0.25, -0.2) is 0 Å². The Kier molecular flexibility index (Phi) is 6.68. The molecule has 0 aliphatic carbocycles. The van der Waals surface area contributed by atoms with E-state index in [9.17, 15) is 4.79 Å². The standard InChI is InChI=1S/C7H15N5O/c1-12(2)5-3-4-9-7(13)6-10-11-8/h3-6H2,1-2H3,(H,9,13). The van der Waals surface area contributed by atoms with E-state index in [1.807, 2.05) is 19.0 Å². The number of azide groups is 1. The molecule has 0 bridgehead atoms. The molecule has 13 heavy (non-hydrogen) atoms. The summed E-state index contributed by atoms with van der Waals surface area (Å²) in [6.45, 7) is 1.44. The van der Waals surface area contributed by atoms with Crippen molar-refractivity contribution in [3.8, 4) is 0 Å². The van der Waals surface area contributed by atoms with Crippen molar-refractivity contribution in [2.45, 2.75) is 6.42 Å². The van der Waals surface area contributed by atoms with E-state index in [1.54, 1.807) is 0 Å². The fourth-order valence-electron chi connectivity index (χ4n) is 0.775. The van der Waals surface area contributed by atoms with Gasteiger partial charge in [-0.15, -0.1) is 0 Å². The van der Waals surface area contributed by atoms with Gasteiger partial charge in [-0.2, -0.15) is 0 Å². The number of amides is 1. The van der Waals surface area contributed by atoms with E-state index in [1.165, 1.54) is 0 Å². The van der Waals surface area contributed by atoms with Crippen LogP contribution in [0.4, 0.5) is 0 Å². The van der Waals surface area contributed by atoms with Crippen molar-refractivity contribution in [3.63, 3.8) is 0 Å². The number of hydrogen-bond donors (Lipinski definition) is 1. The predicted octanol–water partition coefficient (Wildman–Crippen LogP) is 0.365. The minimum Gasteiger partial charge on any atom is -0.356 e. The van der Waals surface area contributed by atoms with Gasteiger partial charge in [0.15, 0.2) is 0 Å². The van der Waals surface area contributed by atoms with Crippen LogP contribution in [0.5, 0.6) is 0 Å². The summed E-state index contributed by atoms with van der Waals surface area (Å²) in [5.41, 5.74) is 7.93. The molecule has 0 aromatic heterocycles.